The first-order chi connectivity index (χ1) is 11.0. The van der Waals surface area contributed by atoms with Gasteiger partial charge in [0.05, 0.1) is 29.2 Å². The third-order valence-corrected chi connectivity index (χ3v) is 3.92. The highest BCUT2D eigenvalue weighted by atomic mass is 32.2. The van der Waals surface area contributed by atoms with E-state index in [1.54, 1.807) is 24.3 Å². The lowest BCUT2D eigenvalue weighted by atomic mass is 10.2. The molecule has 0 unspecified atom stereocenters. The largest absolute Gasteiger partial charge is 0.548 e. The Kier molecular flexibility index (Phi) is 5.75. The summed E-state index contributed by atoms with van der Waals surface area (Å²) in [5, 5.41) is 13.8. The van der Waals surface area contributed by atoms with Crippen LogP contribution in [0.4, 0.5) is 0 Å². The third-order valence-electron chi connectivity index (χ3n) is 3.28. The molecule has 2 rings (SSSR count). The Hall–Kier alpha value is -2.35. The first-order valence-electron chi connectivity index (χ1n) is 6.96. The van der Waals surface area contributed by atoms with Crippen molar-refractivity contribution in [2.75, 3.05) is 12.0 Å². The first-order valence-corrected chi connectivity index (χ1v) is 8.35. The molecule has 0 fully saturated rings. The van der Waals surface area contributed by atoms with Crippen molar-refractivity contribution < 1.29 is 14.7 Å². The van der Waals surface area contributed by atoms with Crippen LogP contribution in [0.1, 0.15) is 6.42 Å². The molecule has 0 saturated heterocycles. The van der Waals surface area contributed by atoms with Gasteiger partial charge in [-0.05, 0) is 30.6 Å². The molecule has 0 bridgehead atoms. The fraction of sp³-hybridized carbons (Fsp3) is 0.333. The Morgan fingerprint density at radius 2 is 2.13 bits per heavy atom. The summed E-state index contributed by atoms with van der Waals surface area (Å²) >= 11 is 1.47. The van der Waals surface area contributed by atoms with Gasteiger partial charge in [0, 0.05) is 0 Å². The number of aliphatic carboxylic acids is 1. The van der Waals surface area contributed by atoms with Gasteiger partial charge < -0.3 is 15.2 Å². The molecule has 1 amide bonds. The van der Waals surface area contributed by atoms with Crippen LogP contribution in [0.25, 0.3) is 10.9 Å². The molecule has 0 spiro atoms. The SMILES string of the molecule is CSCC[C@H](NC(=O)Cn1cnc2ccccc2c1=O)C(=O)[O-]. The van der Waals surface area contributed by atoms with Gasteiger partial charge in [-0.15, -0.1) is 0 Å². The van der Waals surface area contributed by atoms with Gasteiger partial charge in [0.2, 0.25) is 5.91 Å². The molecule has 0 aliphatic rings. The van der Waals surface area contributed by atoms with E-state index in [0.717, 1.165) is 4.57 Å². The lowest BCUT2D eigenvalue weighted by Gasteiger charge is -2.19. The van der Waals surface area contributed by atoms with Crippen molar-refractivity contribution in [2.45, 2.75) is 19.0 Å². The van der Waals surface area contributed by atoms with Crippen LogP contribution in [0, 0.1) is 0 Å². The number of carbonyl (C=O) groups is 2. The molecule has 122 valence electrons. The Labute approximate surface area is 136 Å². The molecule has 0 aliphatic carbocycles. The molecule has 1 aromatic heterocycles. The van der Waals surface area contributed by atoms with Gasteiger partial charge in [0.1, 0.15) is 6.54 Å². The van der Waals surface area contributed by atoms with Gasteiger partial charge >= 0.3 is 0 Å². The van der Waals surface area contributed by atoms with Crippen molar-refractivity contribution in [3.63, 3.8) is 0 Å². The predicted octanol–water partition coefficient (Wildman–Crippen LogP) is -0.616. The maximum Gasteiger partial charge on any atom is 0.261 e. The second-order valence-electron chi connectivity index (χ2n) is 4.92. The normalized spacial score (nSPS) is 12.0. The van der Waals surface area contributed by atoms with E-state index in [9.17, 15) is 19.5 Å². The van der Waals surface area contributed by atoms with E-state index in [1.807, 2.05) is 6.26 Å². The summed E-state index contributed by atoms with van der Waals surface area (Å²) in [5.74, 6) is -1.33. The molecule has 7 nitrogen and oxygen atoms in total. The monoisotopic (exact) mass is 334 g/mol. The highest BCUT2D eigenvalue weighted by Crippen LogP contribution is 2.04. The number of hydrogen-bond donors (Lipinski definition) is 1. The number of carboxylic acid groups (broad SMARTS) is 1. The number of fused-ring (bicyclic) bond motifs is 1. The molecular formula is C15H16N3O4S-. The number of hydrogen-bond acceptors (Lipinski definition) is 6. The maximum atomic E-state index is 12.3. The smallest absolute Gasteiger partial charge is 0.261 e. The number of amides is 1. The third kappa shape index (κ3) is 4.32. The van der Waals surface area contributed by atoms with Crippen molar-refractivity contribution in [2.24, 2.45) is 0 Å². The zero-order valence-corrected chi connectivity index (χ0v) is 13.3. The standard InChI is InChI=1S/C15H17N3O4S/c1-23-7-6-12(15(21)22)17-13(19)8-18-9-16-11-5-3-2-4-10(11)14(18)20/h2-5,9,12H,6-8H2,1H3,(H,17,19)(H,21,22)/p-1/t12-/m0/s1. The fourth-order valence-corrected chi connectivity index (χ4v) is 2.57. The van der Waals surface area contributed by atoms with Gasteiger partial charge in [0.25, 0.3) is 5.56 Å². The van der Waals surface area contributed by atoms with Crippen LogP contribution in [0.15, 0.2) is 35.4 Å². The molecule has 2 aromatic rings. The van der Waals surface area contributed by atoms with E-state index in [4.69, 9.17) is 0 Å². The average Bonchev–Trinajstić information content (AvgIpc) is 2.54. The van der Waals surface area contributed by atoms with Crippen molar-refractivity contribution in [1.29, 1.82) is 0 Å². The lowest BCUT2D eigenvalue weighted by Crippen LogP contribution is -2.49. The quantitative estimate of drug-likeness (QED) is 0.724. The number of nitrogens with one attached hydrogen (secondary N) is 1. The highest BCUT2D eigenvalue weighted by Gasteiger charge is 2.14. The second-order valence-corrected chi connectivity index (χ2v) is 5.90. The van der Waals surface area contributed by atoms with Gasteiger partial charge in [0.15, 0.2) is 0 Å². The zero-order valence-electron chi connectivity index (χ0n) is 12.5. The predicted molar refractivity (Wildman–Crippen MR) is 85.9 cm³/mol. The molecular weight excluding hydrogens is 318 g/mol. The van der Waals surface area contributed by atoms with Gasteiger partial charge in [-0.25, -0.2) is 4.98 Å². The van der Waals surface area contributed by atoms with Crippen LogP contribution in [0.5, 0.6) is 0 Å². The Morgan fingerprint density at radius 1 is 1.39 bits per heavy atom. The van der Waals surface area contributed by atoms with Gasteiger partial charge in [-0.3, -0.25) is 14.2 Å². The van der Waals surface area contributed by atoms with Crippen molar-refractivity contribution in [3.05, 3.63) is 40.9 Å². The average molecular weight is 334 g/mol. The molecule has 0 saturated carbocycles. The summed E-state index contributed by atoms with van der Waals surface area (Å²) in [6, 6.07) is 5.74. The summed E-state index contributed by atoms with van der Waals surface area (Å²) in [7, 11) is 0. The summed E-state index contributed by atoms with van der Waals surface area (Å²) in [6.07, 6.45) is 3.38. The van der Waals surface area contributed by atoms with Crippen molar-refractivity contribution >= 4 is 34.5 Å². The van der Waals surface area contributed by atoms with Crippen molar-refractivity contribution in [3.8, 4) is 0 Å². The van der Waals surface area contributed by atoms with Crippen LogP contribution < -0.4 is 16.0 Å². The number of thioether (sulfide) groups is 1. The van der Waals surface area contributed by atoms with Crippen LogP contribution in [-0.4, -0.2) is 39.5 Å². The molecule has 1 atom stereocenters. The minimum atomic E-state index is -1.34. The number of aromatic nitrogens is 2. The minimum absolute atomic E-state index is 0.264. The van der Waals surface area contributed by atoms with Crippen LogP contribution in [0.3, 0.4) is 0 Å². The number of carbonyl (C=O) groups excluding carboxylic acids is 2. The topological polar surface area (TPSA) is 104 Å². The number of carboxylic acids is 1. The fourth-order valence-electron chi connectivity index (χ4n) is 2.10. The second kappa shape index (κ2) is 7.77. The summed E-state index contributed by atoms with van der Waals surface area (Å²) in [4.78, 5) is 39.4. The van der Waals surface area contributed by atoms with Gasteiger partial charge in [-0.1, -0.05) is 12.1 Å². The first kappa shape index (κ1) is 17.0. The minimum Gasteiger partial charge on any atom is -0.548 e. The number of rotatable bonds is 7. The molecule has 8 heteroatoms. The summed E-state index contributed by atoms with van der Waals surface area (Å²) in [5.41, 5.74) is 0.196. The van der Waals surface area contributed by atoms with Crippen molar-refractivity contribution in [1.82, 2.24) is 14.9 Å². The maximum absolute atomic E-state index is 12.3. The van der Waals surface area contributed by atoms with E-state index in [1.165, 1.54) is 18.1 Å². The van der Waals surface area contributed by atoms with E-state index in [-0.39, 0.29) is 18.5 Å². The molecule has 0 aliphatic heterocycles. The summed E-state index contributed by atoms with van der Waals surface area (Å²) in [6.45, 7) is -0.292. The number of benzene rings is 1. The highest BCUT2D eigenvalue weighted by molar-refractivity contribution is 7.98. The van der Waals surface area contributed by atoms with E-state index < -0.39 is 17.9 Å². The molecule has 1 aromatic carbocycles. The summed E-state index contributed by atoms with van der Waals surface area (Å²) < 4.78 is 1.15. The Morgan fingerprint density at radius 3 is 2.83 bits per heavy atom. The van der Waals surface area contributed by atoms with Crippen LogP contribution >= 0.6 is 11.8 Å². The number of nitrogens with zero attached hydrogens (tertiary/aromatic N) is 2. The van der Waals surface area contributed by atoms with Crippen LogP contribution in [-0.2, 0) is 16.1 Å². The molecule has 23 heavy (non-hydrogen) atoms. The zero-order chi connectivity index (χ0) is 16.8. The lowest BCUT2D eigenvalue weighted by molar-refractivity contribution is -0.308. The van der Waals surface area contributed by atoms with Crippen LogP contribution in [0.2, 0.25) is 0 Å². The van der Waals surface area contributed by atoms with E-state index >= 15 is 0 Å². The Balaban J connectivity index is 2.12. The van der Waals surface area contributed by atoms with Gasteiger partial charge in [-0.2, -0.15) is 11.8 Å². The molecule has 1 N–H and O–H groups in total. The number of para-hydroxylation sites is 1. The molecule has 1 heterocycles. The Bertz CT molecular complexity index is 775. The molecule has 0 radical (unpaired) electrons. The van der Waals surface area contributed by atoms with E-state index in [0.29, 0.717) is 16.7 Å². The van der Waals surface area contributed by atoms with E-state index in [2.05, 4.69) is 10.3 Å².